The standard InChI is InChI=1S/C14H18F2O4/c1-4-9(12(17)19-3)14(2,18)10-7-5-6-8-11(10)20-13(15)16/h5-9,13,18H,4H2,1-3H3. The van der Waals surface area contributed by atoms with Gasteiger partial charge in [0, 0.05) is 5.56 Å². The summed E-state index contributed by atoms with van der Waals surface area (Å²) in [6.45, 7) is 0.0726. The van der Waals surface area contributed by atoms with Crippen LogP contribution < -0.4 is 4.74 Å². The van der Waals surface area contributed by atoms with Gasteiger partial charge in [-0.3, -0.25) is 4.79 Å². The normalized spacial score (nSPS) is 15.6. The molecule has 0 aliphatic heterocycles. The van der Waals surface area contributed by atoms with Gasteiger partial charge in [0.1, 0.15) is 11.4 Å². The minimum Gasteiger partial charge on any atom is -0.469 e. The van der Waals surface area contributed by atoms with Crippen LogP contribution in [-0.2, 0) is 15.1 Å². The van der Waals surface area contributed by atoms with E-state index in [4.69, 9.17) is 0 Å². The summed E-state index contributed by atoms with van der Waals surface area (Å²) >= 11 is 0. The molecule has 0 heterocycles. The maximum Gasteiger partial charge on any atom is 0.387 e. The molecule has 0 radical (unpaired) electrons. The Kier molecular flexibility index (Phi) is 5.44. The molecule has 0 spiro atoms. The Morgan fingerprint density at radius 1 is 1.40 bits per heavy atom. The van der Waals surface area contributed by atoms with Crippen molar-refractivity contribution in [1.29, 1.82) is 0 Å². The second-order valence-electron chi connectivity index (χ2n) is 4.51. The Labute approximate surface area is 116 Å². The highest BCUT2D eigenvalue weighted by Gasteiger charge is 2.40. The Hall–Kier alpha value is -1.69. The predicted octanol–water partition coefficient (Wildman–Crippen LogP) is 2.69. The zero-order valence-electron chi connectivity index (χ0n) is 11.6. The molecule has 6 heteroatoms. The van der Waals surface area contributed by atoms with Gasteiger partial charge in [0.2, 0.25) is 0 Å². The van der Waals surface area contributed by atoms with Crippen LogP contribution in [0.25, 0.3) is 0 Å². The van der Waals surface area contributed by atoms with Crippen LogP contribution in [0.5, 0.6) is 5.75 Å². The number of benzene rings is 1. The van der Waals surface area contributed by atoms with Gasteiger partial charge in [-0.15, -0.1) is 0 Å². The van der Waals surface area contributed by atoms with Crippen LogP contribution in [0.3, 0.4) is 0 Å². The van der Waals surface area contributed by atoms with Gasteiger partial charge in [0.25, 0.3) is 0 Å². The van der Waals surface area contributed by atoms with Crippen LogP contribution >= 0.6 is 0 Å². The van der Waals surface area contributed by atoms with E-state index in [-0.39, 0.29) is 11.3 Å². The van der Waals surface area contributed by atoms with Crippen LogP contribution in [0.4, 0.5) is 8.78 Å². The quantitative estimate of drug-likeness (QED) is 0.818. The van der Waals surface area contributed by atoms with Crippen molar-refractivity contribution in [2.75, 3.05) is 7.11 Å². The van der Waals surface area contributed by atoms with Crippen LogP contribution in [0.2, 0.25) is 0 Å². The molecule has 2 atom stereocenters. The van der Waals surface area contributed by atoms with Crippen LogP contribution in [-0.4, -0.2) is 24.8 Å². The third-order valence-electron chi connectivity index (χ3n) is 3.22. The molecule has 2 unspecified atom stereocenters. The number of alkyl halides is 2. The molecule has 4 nitrogen and oxygen atoms in total. The molecule has 0 saturated carbocycles. The van der Waals surface area contributed by atoms with Crippen molar-refractivity contribution in [1.82, 2.24) is 0 Å². The number of ether oxygens (including phenoxy) is 2. The van der Waals surface area contributed by atoms with Crippen molar-refractivity contribution in [3.63, 3.8) is 0 Å². The Morgan fingerprint density at radius 3 is 2.50 bits per heavy atom. The number of hydrogen-bond donors (Lipinski definition) is 1. The van der Waals surface area contributed by atoms with E-state index in [1.54, 1.807) is 13.0 Å². The zero-order valence-corrected chi connectivity index (χ0v) is 11.6. The monoisotopic (exact) mass is 288 g/mol. The van der Waals surface area contributed by atoms with E-state index < -0.39 is 24.1 Å². The first-order valence-corrected chi connectivity index (χ1v) is 6.19. The fourth-order valence-corrected chi connectivity index (χ4v) is 2.21. The van der Waals surface area contributed by atoms with Crippen molar-refractivity contribution in [3.05, 3.63) is 29.8 Å². The second-order valence-corrected chi connectivity index (χ2v) is 4.51. The predicted molar refractivity (Wildman–Crippen MR) is 68.4 cm³/mol. The van der Waals surface area contributed by atoms with Crippen molar-refractivity contribution in [3.8, 4) is 5.75 Å². The van der Waals surface area contributed by atoms with Gasteiger partial charge in [-0.05, 0) is 19.4 Å². The zero-order chi connectivity index (χ0) is 15.3. The third-order valence-corrected chi connectivity index (χ3v) is 3.22. The fraction of sp³-hybridized carbons (Fsp3) is 0.500. The highest BCUT2D eigenvalue weighted by atomic mass is 19.3. The van der Waals surface area contributed by atoms with E-state index in [1.807, 2.05) is 0 Å². The van der Waals surface area contributed by atoms with Crippen LogP contribution in [0.15, 0.2) is 24.3 Å². The average molecular weight is 288 g/mol. The van der Waals surface area contributed by atoms with E-state index in [0.29, 0.717) is 6.42 Å². The summed E-state index contributed by atoms with van der Waals surface area (Å²) < 4.78 is 33.8. The molecule has 20 heavy (non-hydrogen) atoms. The molecular weight excluding hydrogens is 270 g/mol. The van der Waals surface area contributed by atoms with E-state index in [0.717, 1.165) is 0 Å². The highest BCUT2D eigenvalue weighted by molar-refractivity contribution is 5.74. The number of rotatable bonds is 6. The molecule has 1 N–H and O–H groups in total. The summed E-state index contributed by atoms with van der Waals surface area (Å²) in [5.74, 6) is -1.64. The lowest BCUT2D eigenvalue weighted by Crippen LogP contribution is -2.38. The first-order valence-electron chi connectivity index (χ1n) is 6.19. The summed E-state index contributed by atoms with van der Waals surface area (Å²) in [5, 5.41) is 10.6. The molecule has 1 aromatic carbocycles. The van der Waals surface area contributed by atoms with E-state index in [1.165, 1.54) is 32.2 Å². The maximum absolute atomic E-state index is 12.4. The summed E-state index contributed by atoms with van der Waals surface area (Å²) in [6.07, 6.45) is 0.294. The summed E-state index contributed by atoms with van der Waals surface area (Å²) in [6, 6.07) is 5.85. The molecule has 1 rings (SSSR count). The number of para-hydroxylation sites is 1. The lowest BCUT2D eigenvalue weighted by atomic mass is 9.81. The fourth-order valence-electron chi connectivity index (χ4n) is 2.21. The summed E-state index contributed by atoms with van der Waals surface area (Å²) in [4.78, 5) is 11.7. The summed E-state index contributed by atoms with van der Waals surface area (Å²) in [7, 11) is 1.21. The summed E-state index contributed by atoms with van der Waals surface area (Å²) in [5.41, 5.74) is -1.55. The van der Waals surface area contributed by atoms with Crippen LogP contribution in [0, 0.1) is 5.92 Å². The number of esters is 1. The number of carbonyl (C=O) groups is 1. The second kappa shape index (κ2) is 6.65. The van der Waals surface area contributed by atoms with Gasteiger partial charge in [-0.25, -0.2) is 0 Å². The first kappa shape index (κ1) is 16.4. The molecule has 0 bridgehead atoms. The molecule has 0 saturated heterocycles. The SMILES string of the molecule is CCC(C(=O)OC)C(C)(O)c1ccccc1OC(F)F. The molecule has 112 valence electrons. The third kappa shape index (κ3) is 3.45. The van der Waals surface area contributed by atoms with Gasteiger partial charge in [-0.1, -0.05) is 25.1 Å². The van der Waals surface area contributed by atoms with Gasteiger partial charge in [-0.2, -0.15) is 8.78 Å². The minimum atomic E-state index is -3.01. The van der Waals surface area contributed by atoms with E-state index in [9.17, 15) is 18.7 Å². The number of hydrogen-bond acceptors (Lipinski definition) is 4. The Morgan fingerprint density at radius 2 is 2.00 bits per heavy atom. The van der Waals surface area contributed by atoms with Crippen molar-refractivity contribution in [2.24, 2.45) is 5.92 Å². The number of methoxy groups -OCH3 is 1. The molecule has 0 amide bonds. The number of halogens is 2. The molecule has 0 aliphatic carbocycles. The van der Waals surface area contributed by atoms with Crippen molar-refractivity contribution < 1.29 is 28.2 Å². The van der Waals surface area contributed by atoms with E-state index >= 15 is 0 Å². The van der Waals surface area contributed by atoms with E-state index in [2.05, 4.69) is 9.47 Å². The molecule has 0 aliphatic rings. The lowest BCUT2D eigenvalue weighted by Gasteiger charge is -2.32. The first-order chi connectivity index (χ1) is 9.34. The molecule has 0 aromatic heterocycles. The maximum atomic E-state index is 12.4. The van der Waals surface area contributed by atoms with Crippen molar-refractivity contribution in [2.45, 2.75) is 32.5 Å². The lowest BCUT2D eigenvalue weighted by molar-refractivity contribution is -0.156. The van der Waals surface area contributed by atoms with Gasteiger partial charge in [0.05, 0.1) is 13.0 Å². The van der Waals surface area contributed by atoms with Gasteiger partial charge >= 0.3 is 12.6 Å². The molecular formula is C14H18F2O4. The molecule has 0 fully saturated rings. The highest BCUT2D eigenvalue weighted by Crippen LogP contribution is 2.38. The Balaban J connectivity index is 3.22. The number of carbonyl (C=O) groups excluding carboxylic acids is 1. The smallest absolute Gasteiger partial charge is 0.387 e. The largest absolute Gasteiger partial charge is 0.469 e. The minimum absolute atomic E-state index is 0.123. The Bertz CT molecular complexity index is 460. The number of aliphatic hydroxyl groups is 1. The van der Waals surface area contributed by atoms with Gasteiger partial charge in [0.15, 0.2) is 0 Å². The topological polar surface area (TPSA) is 55.8 Å². The van der Waals surface area contributed by atoms with Crippen LogP contribution in [0.1, 0.15) is 25.8 Å². The molecule has 1 aromatic rings. The van der Waals surface area contributed by atoms with Gasteiger partial charge < -0.3 is 14.6 Å². The van der Waals surface area contributed by atoms with Crippen molar-refractivity contribution >= 4 is 5.97 Å². The average Bonchev–Trinajstić information content (AvgIpc) is 2.38.